The van der Waals surface area contributed by atoms with Crippen molar-refractivity contribution in [2.75, 3.05) is 38.0 Å². The van der Waals surface area contributed by atoms with E-state index in [1.165, 1.54) is 11.3 Å². The first-order chi connectivity index (χ1) is 10.3. The molecule has 3 rings (SSSR count). The summed E-state index contributed by atoms with van der Waals surface area (Å²) in [6, 6.07) is 6.17. The molecule has 1 atom stereocenters. The van der Waals surface area contributed by atoms with Crippen LogP contribution < -0.4 is 10.6 Å². The van der Waals surface area contributed by atoms with E-state index in [0.29, 0.717) is 0 Å². The van der Waals surface area contributed by atoms with E-state index in [0.717, 1.165) is 57.5 Å². The Morgan fingerprint density at radius 2 is 2.19 bits per heavy atom. The molecule has 2 heterocycles. The van der Waals surface area contributed by atoms with Crippen LogP contribution in [0.15, 0.2) is 18.2 Å². The lowest BCUT2D eigenvalue weighted by molar-refractivity contribution is 0.0820. The lowest BCUT2D eigenvalue weighted by Crippen LogP contribution is -2.42. The molecule has 2 aliphatic heterocycles. The number of hydrogen-bond donors (Lipinski definition) is 2. The van der Waals surface area contributed by atoms with Crippen LogP contribution in [0.1, 0.15) is 35.7 Å². The third-order valence-electron chi connectivity index (χ3n) is 4.60. The number of nitrogens with one attached hydrogen (secondary N) is 2. The minimum atomic E-state index is 0.0253. The topological polar surface area (TPSA) is 44.4 Å². The molecule has 1 fully saturated rings. The summed E-state index contributed by atoms with van der Waals surface area (Å²) in [7, 11) is 0. The second-order valence-electron chi connectivity index (χ2n) is 5.98. The fraction of sp³-hybridized carbons (Fsp3) is 0.588. The van der Waals surface area contributed by atoms with Crippen molar-refractivity contribution >= 4 is 11.5 Å². The Morgan fingerprint density at radius 1 is 1.29 bits per heavy atom. The molecule has 2 aliphatic rings. The van der Waals surface area contributed by atoms with Crippen molar-refractivity contribution in [1.29, 1.82) is 0 Å². The molecule has 1 aromatic rings. The van der Waals surface area contributed by atoms with E-state index in [4.69, 9.17) is 0 Å². The van der Waals surface area contributed by atoms with Gasteiger partial charge in [-0.1, -0.05) is 6.92 Å². The van der Waals surface area contributed by atoms with Gasteiger partial charge in [0.15, 0.2) is 5.78 Å². The van der Waals surface area contributed by atoms with Gasteiger partial charge in [-0.3, -0.25) is 9.69 Å². The summed E-state index contributed by atoms with van der Waals surface area (Å²) in [6.07, 6.45) is 3.03. The summed E-state index contributed by atoms with van der Waals surface area (Å²) in [6.45, 7) is 7.14. The highest BCUT2D eigenvalue weighted by molar-refractivity contribution is 6.00. The van der Waals surface area contributed by atoms with Crippen LogP contribution in [0.3, 0.4) is 0 Å². The summed E-state index contributed by atoms with van der Waals surface area (Å²) in [4.78, 5) is 15.3. The normalized spacial score (nSPS) is 20.4. The Hall–Kier alpha value is -1.39. The highest BCUT2D eigenvalue weighted by Gasteiger charge is 2.26. The predicted molar refractivity (Wildman–Crippen MR) is 86.1 cm³/mol. The number of hydrogen-bond acceptors (Lipinski definition) is 4. The quantitative estimate of drug-likeness (QED) is 0.830. The van der Waals surface area contributed by atoms with Crippen molar-refractivity contribution in [2.45, 2.75) is 32.2 Å². The molecule has 1 aromatic carbocycles. The Bertz CT molecular complexity index is 507. The maximum absolute atomic E-state index is 12.9. The molecule has 1 saturated heterocycles. The Labute approximate surface area is 126 Å². The van der Waals surface area contributed by atoms with Crippen molar-refractivity contribution in [1.82, 2.24) is 10.2 Å². The van der Waals surface area contributed by atoms with Gasteiger partial charge in [-0.25, -0.2) is 0 Å². The summed E-state index contributed by atoms with van der Waals surface area (Å²) in [5.41, 5.74) is 3.35. The minimum absolute atomic E-state index is 0.0253. The zero-order chi connectivity index (χ0) is 14.7. The van der Waals surface area contributed by atoms with Crippen LogP contribution in [0.2, 0.25) is 0 Å². The van der Waals surface area contributed by atoms with Crippen molar-refractivity contribution in [3.63, 3.8) is 0 Å². The van der Waals surface area contributed by atoms with Gasteiger partial charge in [-0.15, -0.1) is 0 Å². The van der Waals surface area contributed by atoms with Gasteiger partial charge in [0.05, 0.1) is 6.04 Å². The van der Waals surface area contributed by atoms with E-state index >= 15 is 0 Å². The first-order valence-corrected chi connectivity index (χ1v) is 8.15. The molecular formula is C17H25N3O. The standard InChI is InChI=1S/C17H25N3O/c1-2-16(20-10-3-7-18-9-11-20)17(21)14-4-5-15-13(12-14)6-8-19-15/h4-5,12,16,18-19H,2-3,6-11H2,1H3. The van der Waals surface area contributed by atoms with E-state index in [9.17, 15) is 4.79 Å². The fourth-order valence-corrected chi connectivity index (χ4v) is 3.44. The number of ketones is 1. The van der Waals surface area contributed by atoms with E-state index in [1.807, 2.05) is 6.07 Å². The van der Waals surface area contributed by atoms with Gasteiger partial charge in [0.1, 0.15) is 0 Å². The zero-order valence-corrected chi connectivity index (χ0v) is 12.8. The largest absolute Gasteiger partial charge is 0.384 e. The highest BCUT2D eigenvalue weighted by atomic mass is 16.1. The second-order valence-corrected chi connectivity index (χ2v) is 5.98. The average Bonchev–Trinajstić information content (AvgIpc) is 2.82. The Balaban J connectivity index is 1.78. The molecule has 4 heteroatoms. The molecule has 0 bridgehead atoms. The first kappa shape index (κ1) is 14.5. The van der Waals surface area contributed by atoms with Crippen LogP contribution in [-0.4, -0.2) is 49.4 Å². The van der Waals surface area contributed by atoms with E-state index in [2.05, 4.69) is 34.6 Å². The molecule has 4 nitrogen and oxygen atoms in total. The van der Waals surface area contributed by atoms with Crippen LogP contribution in [0.4, 0.5) is 5.69 Å². The number of Topliss-reactive ketones (excluding diaryl/α,β-unsaturated/α-hetero) is 1. The molecule has 0 amide bonds. The number of rotatable bonds is 4. The molecule has 0 saturated carbocycles. The van der Waals surface area contributed by atoms with Crippen LogP contribution in [0, 0.1) is 0 Å². The van der Waals surface area contributed by atoms with Crippen LogP contribution in [0.25, 0.3) is 0 Å². The smallest absolute Gasteiger partial charge is 0.179 e. The molecule has 0 aliphatic carbocycles. The number of benzene rings is 1. The van der Waals surface area contributed by atoms with Gasteiger partial charge >= 0.3 is 0 Å². The third-order valence-corrected chi connectivity index (χ3v) is 4.60. The maximum atomic E-state index is 12.9. The van der Waals surface area contributed by atoms with Crippen molar-refractivity contribution in [2.24, 2.45) is 0 Å². The van der Waals surface area contributed by atoms with E-state index < -0.39 is 0 Å². The van der Waals surface area contributed by atoms with Gasteiger partial charge in [0, 0.05) is 37.4 Å². The number of carbonyl (C=O) groups is 1. The van der Waals surface area contributed by atoms with Crippen LogP contribution in [-0.2, 0) is 6.42 Å². The maximum Gasteiger partial charge on any atom is 0.179 e. The molecule has 0 spiro atoms. The summed E-state index contributed by atoms with van der Waals surface area (Å²) < 4.78 is 0. The summed E-state index contributed by atoms with van der Waals surface area (Å²) in [5.74, 6) is 0.286. The highest BCUT2D eigenvalue weighted by Crippen LogP contribution is 2.24. The van der Waals surface area contributed by atoms with Crippen LogP contribution >= 0.6 is 0 Å². The van der Waals surface area contributed by atoms with Gasteiger partial charge < -0.3 is 10.6 Å². The summed E-state index contributed by atoms with van der Waals surface area (Å²) >= 11 is 0. The third kappa shape index (κ3) is 3.11. The molecule has 114 valence electrons. The molecule has 0 aromatic heterocycles. The van der Waals surface area contributed by atoms with Crippen molar-refractivity contribution in [3.8, 4) is 0 Å². The molecule has 1 unspecified atom stereocenters. The van der Waals surface area contributed by atoms with Crippen LogP contribution in [0.5, 0.6) is 0 Å². The van der Waals surface area contributed by atoms with E-state index in [1.54, 1.807) is 0 Å². The van der Waals surface area contributed by atoms with Crippen molar-refractivity contribution in [3.05, 3.63) is 29.3 Å². The lowest BCUT2D eigenvalue weighted by atomic mass is 9.98. The number of nitrogens with zero attached hydrogens (tertiary/aromatic N) is 1. The van der Waals surface area contributed by atoms with Crippen molar-refractivity contribution < 1.29 is 4.79 Å². The van der Waals surface area contributed by atoms with Gasteiger partial charge in [0.2, 0.25) is 0 Å². The average molecular weight is 287 g/mol. The molecule has 2 N–H and O–H groups in total. The van der Waals surface area contributed by atoms with Gasteiger partial charge in [-0.2, -0.15) is 0 Å². The van der Waals surface area contributed by atoms with Gasteiger partial charge in [0.25, 0.3) is 0 Å². The molecule has 0 radical (unpaired) electrons. The molecule has 21 heavy (non-hydrogen) atoms. The fourth-order valence-electron chi connectivity index (χ4n) is 3.44. The summed E-state index contributed by atoms with van der Waals surface area (Å²) in [5, 5.41) is 6.76. The Morgan fingerprint density at radius 3 is 3.05 bits per heavy atom. The van der Waals surface area contributed by atoms with Gasteiger partial charge in [-0.05, 0) is 49.6 Å². The SMILES string of the molecule is CCC(C(=O)c1ccc2c(c1)CCN2)N1CCCNCC1. The van der Waals surface area contributed by atoms with E-state index in [-0.39, 0.29) is 11.8 Å². The second kappa shape index (κ2) is 6.58. The first-order valence-electron chi connectivity index (χ1n) is 8.15. The minimum Gasteiger partial charge on any atom is -0.384 e. The molecular weight excluding hydrogens is 262 g/mol. The lowest BCUT2D eigenvalue weighted by Gasteiger charge is -2.28. The zero-order valence-electron chi connectivity index (χ0n) is 12.8. The predicted octanol–water partition coefficient (Wildman–Crippen LogP) is 1.91. The number of fused-ring (bicyclic) bond motifs is 1. The number of carbonyl (C=O) groups excluding carboxylic acids is 1. The number of anilines is 1. The Kier molecular flexibility index (Phi) is 4.56. The monoisotopic (exact) mass is 287 g/mol.